The lowest BCUT2D eigenvalue weighted by Crippen LogP contribution is -2.16. The average Bonchev–Trinajstić information content (AvgIpc) is 2.05. The van der Waals surface area contributed by atoms with Gasteiger partial charge in [0.05, 0.1) is 0 Å². The molecule has 0 spiro atoms. The molecule has 0 heterocycles. The van der Waals surface area contributed by atoms with Gasteiger partial charge in [-0.1, -0.05) is 41.5 Å². The summed E-state index contributed by atoms with van der Waals surface area (Å²) in [5, 5.41) is 0. The summed E-state index contributed by atoms with van der Waals surface area (Å²) < 4.78 is 1.02. The fraction of sp³-hybridized carbons (Fsp3) is 0.273. The predicted octanol–water partition coefficient (Wildman–Crippen LogP) is 3.26. The van der Waals surface area contributed by atoms with Crippen molar-refractivity contribution < 1.29 is 0 Å². The lowest BCUT2D eigenvalue weighted by molar-refractivity contribution is 1.59. The molecule has 0 aliphatic heterocycles. The van der Waals surface area contributed by atoms with Gasteiger partial charge >= 0.3 is 0 Å². The zero-order valence-corrected chi connectivity index (χ0v) is 11.3. The summed E-state index contributed by atoms with van der Waals surface area (Å²) in [6, 6.07) is 5.76. The summed E-state index contributed by atoms with van der Waals surface area (Å²) in [5.41, 5.74) is 10.8. The van der Waals surface area contributed by atoms with E-state index in [1.54, 1.807) is 0 Å². The SMILES string of the molecule is C[Si](C)(C)C#Cc1cc(Br)ccc1N. The molecule has 0 saturated carbocycles. The van der Waals surface area contributed by atoms with Gasteiger partial charge in [0.15, 0.2) is 0 Å². The van der Waals surface area contributed by atoms with Crippen LogP contribution >= 0.6 is 15.9 Å². The van der Waals surface area contributed by atoms with E-state index >= 15 is 0 Å². The fourth-order valence-electron chi connectivity index (χ4n) is 0.892. The first-order valence-electron chi connectivity index (χ1n) is 4.47. The maximum Gasteiger partial charge on any atom is 0.129 e. The maximum absolute atomic E-state index is 5.81. The lowest BCUT2D eigenvalue weighted by atomic mass is 10.2. The van der Waals surface area contributed by atoms with Crippen LogP contribution in [0.1, 0.15) is 5.56 Å². The number of anilines is 1. The molecule has 2 N–H and O–H groups in total. The Kier molecular flexibility index (Phi) is 3.41. The van der Waals surface area contributed by atoms with Crippen molar-refractivity contribution in [2.45, 2.75) is 19.6 Å². The molecule has 0 bridgehead atoms. The average molecular weight is 268 g/mol. The first-order chi connectivity index (χ1) is 6.38. The van der Waals surface area contributed by atoms with Crippen molar-refractivity contribution in [3.8, 4) is 11.5 Å². The molecule has 1 nitrogen and oxygen atoms in total. The molecule has 0 aromatic heterocycles. The van der Waals surface area contributed by atoms with Gasteiger partial charge in [0.2, 0.25) is 0 Å². The molecule has 1 aromatic rings. The molecule has 1 rings (SSSR count). The number of nitrogens with two attached hydrogens (primary N) is 1. The number of nitrogen functional groups attached to an aromatic ring is 1. The minimum absolute atomic E-state index is 0.749. The van der Waals surface area contributed by atoms with Gasteiger partial charge < -0.3 is 5.73 Å². The lowest BCUT2D eigenvalue weighted by Gasteiger charge is -2.04. The largest absolute Gasteiger partial charge is 0.398 e. The third kappa shape index (κ3) is 3.57. The smallest absolute Gasteiger partial charge is 0.129 e. The van der Waals surface area contributed by atoms with Gasteiger partial charge in [0, 0.05) is 15.7 Å². The third-order valence-corrected chi connectivity index (χ3v) is 2.96. The first-order valence-corrected chi connectivity index (χ1v) is 8.76. The molecule has 14 heavy (non-hydrogen) atoms. The van der Waals surface area contributed by atoms with E-state index in [0.29, 0.717) is 0 Å². The third-order valence-electron chi connectivity index (χ3n) is 1.59. The van der Waals surface area contributed by atoms with Crippen LogP contribution in [0.15, 0.2) is 22.7 Å². The Bertz CT molecular complexity index is 396. The number of hydrogen-bond acceptors (Lipinski definition) is 1. The predicted molar refractivity (Wildman–Crippen MR) is 68.8 cm³/mol. The zero-order chi connectivity index (χ0) is 10.8. The Hall–Kier alpha value is -0.723. The molecule has 74 valence electrons. The standard InChI is InChI=1S/C11H14BrNSi/c1-14(2,3)7-6-9-8-10(12)4-5-11(9)13/h4-5,8H,13H2,1-3H3. The van der Waals surface area contributed by atoms with Gasteiger partial charge in [-0.05, 0) is 18.2 Å². The molecule has 0 radical (unpaired) electrons. The van der Waals surface area contributed by atoms with Crippen molar-refractivity contribution in [2.75, 3.05) is 5.73 Å². The zero-order valence-electron chi connectivity index (χ0n) is 8.69. The van der Waals surface area contributed by atoms with Crippen molar-refractivity contribution in [2.24, 2.45) is 0 Å². The van der Waals surface area contributed by atoms with E-state index in [9.17, 15) is 0 Å². The van der Waals surface area contributed by atoms with E-state index in [-0.39, 0.29) is 0 Å². The van der Waals surface area contributed by atoms with Crippen LogP contribution in [0.5, 0.6) is 0 Å². The van der Waals surface area contributed by atoms with Crippen LogP contribution in [-0.4, -0.2) is 8.07 Å². The summed E-state index contributed by atoms with van der Waals surface area (Å²) in [4.78, 5) is 0. The summed E-state index contributed by atoms with van der Waals surface area (Å²) >= 11 is 3.40. The highest BCUT2D eigenvalue weighted by Crippen LogP contribution is 2.17. The first kappa shape index (κ1) is 11.4. The molecule has 0 saturated heterocycles. The Morgan fingerprint density at radius 2 is 1.93 bits per heavy atom. The maximum atomic E-state index is 5.81. The summed E-state index contributed by atoms with van der Waals surface area (Å²) in [6.45, 7) is 6.65. The monoisotopic (exact) mass is 267 g/mol. The van der Waals surface area contributed by atoms with E-state index in [2.05, 4.69) is 47.0 Å². The summed E-state index contributed by atoms with van der Waals surface area (Å²) in [6.07, 6.45) is 0. The number of hydrogen-bond donors (Lipinski definition) is 1. The molecular weight excluding hydrogens is 254 g/mol. The second-order valence-electron chi connectivity index (χ2n) is 4.23. The Labute approximate surface area is 94.8 Å². The van der Waals surface area contributed by atoms with Crippen molar-refractivity contribution >= 4 is 29.7 Å². The minimum atomic E-state index is -1.31. The molecule has 0 amide bonds. The number of halogens is 1. The van der Waals surface area contributed by atoms with Gasteiger partial charge in [-0.25, -0.2) is 0 Å². The molecular formula is C11H14BrNSi. The van der Waals surface area contributed by atoms with Gasteiger partial charge in [0.25, 0.3) is 0 Å². The van der Waals surface area contributed by atoms with Crippen molar-refractivity contribution in [1.29, 1.82) is 0 Å². The van der Waals surface area contributed by atoms with Crippen LogP contribution < -0.4 is 5.73 Å². The molecule has 0 unspecified atom stereocenters. The van der Waals surface area contributed by atoms with Crippen LogP contribution in [0.2, 0.25) is 19.6 Å². The van der Waals surface area contributed by atoms with Gasteiger partial charge in [-0.15, -0.1) is 5.54 Å². The second kappa shape index (κ2) is 4.20. The highest BCUT2D eigenvalue weighted by Gasteiger charge is 2.07. The van der Waals surface area contributed by atoms with Crippen LogP contribution in [-0.2, 0) is 0 Å². The Morgan fingerprint density at radius 1 is 1.29 bits per heavy atom. The number of rotatable bonds is 0. The van der Waals surface area contributed by atoms with E-state index in [1.807, 2.05) is 18.2 Å². The topological polar surface area (TPSA) is 26.0 Å². The van der Waals surface area contributed by atoms with Gasteiger partial charge in [0.1, 0.15) is 8.07 Å². The van der Waals surface area contributed by atoms with Crippen LogP contribution in [0.4, 0.5) is 5.69 Å². The molecule has 0 aliphatic carbocycles. The number of benzene rings is 1. The fourth-order valence-corrected chi connectivity index (χ4v) is 1.76. The minimum Gasteiger partial charge on any atom is -0.398 e. The van der Waals surface area contributed by atoms with Gasteiger partial charge in [-0.2, -0.15) is 0 Å². The van der Waals surface area contributed by atoms with Crippen LogP contribution in [0, 0.1) is 11.5 Å². The van der Waals surface area contributed by atoms with Crippen LogP contribution in [0.3, 0.4) is 0 Å². The van der Waals surface area contributed by atoms with E-state index in [1.165, 1.54) is 0 Å². The van der Waals surface area contributed by atoms with E-state index in [0.717, 1.165) is 15.7 Å². The highest BCUT2D eigenvalue weighted by atomic mass is 79.9. The van der Waals surface area contributed by atoms with Crippen molar-refractivity contribution in [3.05, 3.63) is 28.2 Å². The van der Waals surface area contributed by atoms with Gasteiger partial charge in [-0.3, -0.25) is 0 Å². The molecule has 1 aromatic carbocycles. The molecule has 0 atom stereocenters. The summed E-state index contributed by atoms with van der Waals surface area (Å²) in [7, 11) is -1.31. The van der Waals surface area contributed by atoms with E-state index in [4.69, 9.17) is 5.73 Å². The highest BCUT2D eigenvalue weighted by molar-refractivity contribution is 9.10. The quantitative estimate of drug-likeness (QED) is 0.436. The normalized spacial score (nSPS) is 10.6. The van der Waals surface area contributed by atoms with Crippen molar-refractivity contribution in [3.63, 3.8) is 0 Å². The second-order valence-corrected chi connectivity index (χ2v) is 9.90. The van der Waals surface area contributed by atoms with Crippen LogP contribution in [0.25, 0.3) is 0 Å². The molecule has 3 heteroatoms. The van der Waals surface area contributed by atoms with E-state index < -0.39 is 8.07 Å². The Morgan fingerprint density at radius 3 is 2.50 bits per heavy atom. The Balaban J connectivity index is 3.06. The van der Waals surface area contributed by atoms with Crippen molar-refractivity contribution in [1.82, 2.24) is 0 Å². The molecule has 0 aliphatic rings. The summed E-state index contributed by atoms with van der Waals surface area (Å²) in [5.74, 6) is 3.15. The molecule has 0 fully saturated rings.